The molecule has 0 aliphatic carbocycles. The lowest BCUT2D eigenvalue weighted by Crippen LogP contribution is -2.04. The highest BCUT2D eigenvalue weighted by atomic mass is 16.5. The topological polar surface area (TPSA) is 52.1 Å². The van der Waals surface area contributed by atoms with Gasteiger partial charge in [0.05, 0.1) is 24.6 Å². The molecular formula is C7H8N2O2. The minimum atomic E-state index is -0.359. The maximum atomic E-state index is 11.0. The summed E-state index contributed by atoms with van der Waals surface area (Å²) in [6, 6.07) is 1.56. The van der Waals surface area contributed by atoms with E-state index in [1.54, 1.807) is 13.0 Å². The molecule has 1 aromatic heterocycles. The van der Waals surface area contributed by atoms with Crippen LogP contribution in [0.25, 0.3) is 0 Å². The van der Waals surface area contributed by atoms with E-state index < -0.39 is 0 Å². The number of hydrogen-bond acceptors (Lipinski definition) is 4. The van der Waals surface area contributed by atoms with Gasteiger partial charge in [-0.05, 0) is 13.0 Å². The van der Waals surface area contributed by atoms with Crippen molar-refractivity contribution < 1.29 is 9.53 Å². The van der Waals surface area contributed by atoms with Crippen LogP contribution in [0.1, 0.15) is 17.3 Å². The Labute approximate surface area is 64.2 Å². The predicted molar refractivity (Wildman–Crippen MR) is 38.0 cm³/mol. The van der Waals surface area contributed by atoms with Crippen LogP contribution in [0.5, 0.6) is 0 Å². The van der Waals surface area contributed by atoms with E-state index in [1.165, 1.54) is 12.4 Å². The number of esters is 1. The summed E-state index contributed by atoms with van der Waals surface area (Å²) in [5.74, 6) is -0.359. The molecule has 11 heavy (non-hydrogen) atoms. The Morgan fingerprint density at radius 1 is 1.64 bits per heavy atom. The Morgan fingerprint density at radius 2 is 2.45 bits per heavy atom. The lowest BCUT2D eigenvalue weighted by atomic mass is 10.3. The van der Waals surface area contributed by atoms with Gasteiger partial charge >= 0.3 is 5.97 Å². The molecule has 58 valence electrons. The molecule has 0 radical (unpaired) electrons. The summed E-state index contributed by atoms with van der Waals surface area (Å²) < 4.78 is 4.72. The van der Waals surface area contributed by atoms with Crippen LogP contribution in [0.3, 0.4) is 0 Å². The first-order chi connectivity index (χ1) is 5.34. The Hall–Kier alpha value is -1.45. The van der Waals surface area contributed by atoms with Crippen LogP contribution in [-0.2, 0) is 4.74 Å². The van der Waals surface area contributed by atoms with Gasteiger partial charge in [-0.1, -0.05) is 0 Å². The summed E-state index contributed by atoms with van der Waals surface area (Å²) in [4.78, 5) is 11.0. The maximum Gasteiger partial charge on any atom is 0.339 e. The van der Waals surface area contributed by atoms with E-state index in [9.17, 15) is 4.79 Å². The van der Waals surface area contributed by atoms with Crippen molar-refractivity contribution in [2.75, 3.05) is 6.61 Å². The molecule has 0 aromatic carbocycles. The molecule has 0 atom stereocenters. The molecule has 4 nitrogen and oxygen atoms in total. The van der Waals surface area contributed by atoms with Gasteiger partial charge < -0.3 is 4.74 Å². The van der Waals surface area contributed by atoms with E-state index in [2.05, 4.69) is 10.2 Å². The van der Waals surface area contributed by atoms with Gasteiger partial charge in [-0.3, -0.25) is 0 Å². The van der Waals surface area contributed by atoms with E-state index in [1.807, 2.05) is 0 Å². The van der Waals surface area contributed by atoms with Gasteiger partial charge in [-0.2, -0.15) is 10.2 Å². The van der Waals surface area contributed by atoms with Crippen molar-refractivity contribution in [3.8, 4) is 0 Å². The van der Waals surface area contributed by atoms with Crippen molar-refractivity contribution in [2.24, 2.45) is 0 Å². The average molecular weight is 152 g/mol. The van der Waals surface area contributed by atoms with Crippen molar-refractivity contribution in [1.29, 1.82) is 0 Å². The standard InChI is InChI=1S/C7H8N2O2/c1-2-11-7(10)6-3-4-8-9-5-6/h3-5H,2H2,1H3. The van der Waals surface area contributed by atoms with E-state index in [0.29, 0.717) is 12.2 Å². The fraction of sp³-hybridized carbons (Fsp3) is 0.286. The lowest BCUT2D eigenvalue weighted by molar-refractivity contribution is 0.0525. The highest BCUT2D eigenvalue weighted by molar-refractivity contribution is 5.88. The number of carbonyl (C=O) groups excluding carboxylic acids is 1. The zero-order valence-corrected chi connectivity index (χ0v) is 6.15. The minimum absolute atomic E-state index is 0.359. The lowest BCUT2D eigenvalue weighted by Gasteiger charge is -1.98. The van der Waals surface area contributed by atoms with Gasteiger partial charge in [0.2, 0.25) is 0 Å². The number of aromatic nitrogens is 2. The van der Waals surface area contributed by atoms with Crippen molar-refractivity contribution in [1.82, 2.24) is 10.2 Å². The second-order valence-electron chi connectivity index (χ2n) is 1.85. The summed E-state index contributed by atoms with van der Waals surface area (Å²) in [5.41, 5.74) is 0.432. The van der Waals surface area contributed by atoms with Crippen molar-refractivity contribution in [3.63, 3.8) is 0 Å². The van der Waals surface area contributed by atoms with Gasteiger partial charge in [0.15, 0.2) is 0 Å². The Balaban J connectivity index is 2.69. The van der Waals surface area contributed by atoms with Crippen LogP contribution in [0.15, 0.2) is 18.5 Å². The highest BCUT2D eigenvalue weighted by Gasteiger charge is 2.03. The van der Waals surface area contributed by atoms with Crippen LogP contribution < -0.4 is 0 Å². The van der Waals surface area contributed by atoms with Gasteiger partial charge in [0.1, 0.15) is 0 Å². The summed E-state index contributed by atoms with van der Waals surface area (Å²) in [7, 11) is 0. The highest BCUT2D eigenvalue weighted by Crippen LogP contribution is 1.96. The third-order valence-electron chi connectivity index (χ3n) is 1.10. The monoisotopic (exact) mass is 152 g/mol. The van der Waals surface area contributed by atoms with E-state index in [0.717, 1.165) is 0 Å². The number of carbonyl (C=O) groups is 1. The van der Waals surface area contributed by atoms with Crippen molar-refractivity contribution in [2.45, 2.75) is 6.92 Å². The molecule has 0 bridgehead atoms. The molecule has 1 heterocycles. The van der Waals surface area contributed by atoms with E-state index >= 15 is 0 Å². The summed E-state index contributed by atoms with van der Waals surface area (Å²) in [6.45, 7) is 2.13. The van der Waals surface area contributed by atoms with Crippen LogP contribution in [0.2, 0.25) is 0 Å². The van der Waals surface area contributed by atoms with Crippen LogP contribution >= 0.6 is 0 Å². The third kappa shape index (κ3) is 2.00. The zero-order valence-electron chi connectivity index (χ0n) is 6.15. The second kappa shape index (κ2) is 3.65. The minimum Gasteiger partial charge on any atom is -0.462 e. The van der Waals surface area contributed by atoms with Crippen molar-refractivity contribution in [3.05, 3.63) is 24.0 Å². The van der Waals surface area contributed by atoms with Crippen LogP contribution in [-0.4, -0.2) is 22.8 Å². The molecule has 0 saturated heterocycles. The number of hydrogen-bond donors (Lipinski definition) is 0. The molecule has 1 rings (SSSR count). The average Bonchev–Trinajstić information content (AvgIpc) is 2.07. The largest absolute Gasteiger partial charge is 0.462 e. The Kier molecular flexibility index (Phi) is 2.54. The quantitative estimate of drug-likeness (QED) is 0.584. The maximum absolute atomic E-state index is 11.0. The molecule has 0 saturated carbocycles. The SMILES string of the molecule is CCOC(=O)c1ccnnc1. The second-order valence-corrected chi connectivity index (χ2v) is 1.85. The van der Waals surface area contributed by atoms with Crippen LogP contribution in [0, 0.1) is 0 Å². The summed E-state index contributed by atoms with van der Waals surface area (Å²) >= 11 is 0. The fourth-order valence-electron chi connectivity index (χ4n) is 0.626. The third-order valence-corrected chi connectivity index (χ3v) is 1.10. The smallest absolute Gasteiger partial charge is 0.339 e. The summed E-state index contributed by atoms with van der Waals surface area (Å²) in [6.07, 6.45) is 2.82. The molecule has 0 amide bonds. The van der Waals surface area contributed by atoms with Gasteiger partial charge in [0.25, 0.3) is 0 Å². The van der Waals surface area contributed by atoms with Crippen LogP contribution in [0.4, 0.5) is 0 Å². The zero-order chi connectivity index (χ0) is 8.10. The molecule has 0 unspecified atom stereocenters. The molecule has 0 aliphatic rings. The number of nitrogens with zero attached hydrogens (tertiary/aromatic N) is 2. The molecule has 4 heteroatoms. The van der Waals surface area contributed by atoms with Gasteiger partial charge in [-0.25, -0.2) is 4.79 Å². The molecule has 1 aromatic rings. The number of ether oxygens (including phenoxy) is 1. The Morgan fingerprint density at radius 3 is 3.00 bits per heavy atom. The van der Waals surface area contributed by atoms with E-state index in [4.69, 9.17) is 4.74 Å². The fourth-order valence-corrected chi connectivity index (χ4v) is 0.626. The van der Waals surface area contributed by atoms with Crippen molar-refractivity contribution >= 4 is 5.97 Å². The first kappa shape index (κ1) is 7.65. The number of rotatable bonds is 2. The normalized spacial score (nSPS) is 9.18. The first-order valence-corrected chi connectivity index (χ1v) is 3.28. The molecule has 0 aliphatic heterocycles. The van der Waals surface area contributed by atoms with E-state index in [-0.39, 0.29) is 5.97 Å². The first-order valence-electron chi connectivity index (χ1n) is 3.28. The van der Waals surface area contributed by atoms with Gasteiger partial charge in [-0.15, -0.1) is 0 Å². The predicted octanol–water partition coefficient (Wildman–Crippen LogP) is 0.653. The van der Waals surface area contributed by atoms with Gasteiger partial charge in [0, 0.05) is 0 Å². The molecule has 0 fully saturated rings. The molecule has 0 N–H and O–H groups in total. The summed E-state index contributed by atoms with van der Waals surface area (Å²) in [5, 5.41) is 7.07. The molecular weight excluding hydrogens is 144 g/mol. The molecule has 0 spiro atoms. The Bertz CT molecular complexity index is 235.